The number of nitrogens with one attached hydrogen (secondary N) is 1. The van der Waals surface area contributed by atoms with Gasteiger partial charge in [-0.15, -0.1) is 0 Å². The van der Waals surface area contributed by atoms with E-state index in [0.29, 0.717) is 24.3 Å². The molecule has 182 valence electrons. The molecule has 0 atom stereocenters. The quantitative estimate of drug-likeness (QED) is 0.441. The van der Waals surface area contributed by atoms with Gasteiger partial charge < -0.3 is 14.2 Å². The van der Waals surface area contributed by atoms with Gasteiger partial charge in [0.2, 0.25) is 0 Å². The van der Waals surface area contributed by atoms with E-state index < -0.39 is 5.69 Å². The maximum atomic E-state index is 12.8. The van der Waals surface area contributed by atoms with Crippen LogP contribution >= 0.6 is 0 Å². The fraction of sp³-hybridized carbons (Fsp3) is 0.346. The van der Waals surface area contributed by atoms with Gasteiger partial charge in [-0.25, -0.2) is 9.78 Å². The van der Waals surface area contributed by atoms with Gasteiger partial charge in [0.1, 0.15) is 11.6 Å². The van der Waals surface area contributed by atoms with Gasteiger partial charge in [-0.3, -0.25) is 19.2 Å². The van der Waals surface area contributed by atoms with Crippen molar-refractivity contribution in [3.8, 4) is 5.75 Å². The van der Waals surface area contributed by atoms with Crippen LogP contribution in [0.1, 0.15) is 11.4 Å². The molecule has 2 aromatic heterocycles. The number of H-pyrrole nitrogens is 1. The minimum absolute atomic E-state index is 0.390. The smallest absolute Gasteiger partial charge is 0.329 e. The van der Waals surface area contributed by atoms with Gasteiger partial charge in [0.05, 0.1) is 13.7 Å². The first-order valence-electron chi connectivity index (χ1n) is 11.9. The number of piperazine rings is 1. The van der Waals surface area contributed by atoms with E-state index in [1.165, 1.54) is 15.8 Å². The van der Waals surface area contributed by atoms with E-state index in [2.05, 4.69) is 39.0 Å². The lowest BCUT2D eigenvalue weighted by atomic mass is 10.1. The summed E-state index contributed by atoms with van der Waals surface area (Å²) in [5.74, 6) is 1.66. The number of benzene rings is 2. The number of aromatic nitrogens is 4. The molecule has 1 aliphatic heterocycles. The molecule has 0 aliphatic carbocycles. The Morgan fingerprint density at radius 3 is 2.37 bits per heavy atom. The summed E-state index contributed by atoms with van der Waals surface area (Å²) in [6.45, 7) is 4.79. The fourth-order valence-electron chi connectivity index (χ4n) is 4.68. The summed E-state index contributed by atoms with van der Waals surface area (Å²) in [4.78, 5) is 36.9. The summed E-state index contributed by atoms with van der Waals surface area (Å²) in [6.07, 6.45) is 0.771. The van der Waals surface area contributed by atoms with Crippen LogP contribution in [0.4, 0.5) is 5.69 Å². The number of aryl methyl sites for hydroxylation is 3. The van der Waals surface area contributed by atoms with Gasteiger partial charge in [-0.1, -0.05) is 30.3 Å². The highest BCUT2D eigenvalue weighted by Gasteiger charge is 2.22. The van der Waals surface area contributed by atoms with Crippen molar-refractivity contribution in [3.63, 3.8) is 0 Å². The number of fused-ring (bicyclic) bond motifs is 1. The SMILES string of the molecule is COc1ccc(N2CCN(Cc3nc4c(c(=O)[nH]c(=O)n4C)n3CCc3ccccc3)CC2)cc1. The molecule has 9 nitrogen and oxygen atoms in total. The monoisotopic (exact) mass is 474 g/mol. The molecule has 3 heterocycles. The number of rotatable bonds is 7. The minimum Gasteiger partial charge on any atom is -0.497 e. The fourth-order valence-corrected chi connectivity index (χ4v) is 4.68. The third-order valence-corrected chi connectivity index (χ3v) is 6.73. The second-order valence-corrected chi connectivity index (χ2v) is 8.87. The summed E-state index contributed by atoms with van der Waals surface area (Å²) in [7, 11) is 3.32. The first kappa shape index (κ1) is 22.9. The van der Waals surface area contributed by atoms with E-state index in [4.69, 9.17) is 9.72 Å². The summed E-state index contributed by atoms with van der Waals surface area (Å²) in [5, 5.41) is 0. The van der Waals surface area contributed by atoms with E-state index in [1.54, 1.807) is 14.2 Å². The number of hydrogen-bond donors (Lipinski definition) is 1. The number of anilines is 1. The van der Waals surface area contributed by atoms with E-state index in [0.717, 1.165) is 44.2 Å². The number of methoxy groups -OCH3 is 1. The molecule has 5 rings (SSSR count). The van der Waals surface area contributed by atoms with Crippen molar-refractivity contribution in [2.75, 3.05) is 38.2 Å². The molecule has 4 aromatic rings. The van der Waals surface area contributed by atoms with Crippen LogP contribution in [-0.4, -0.2) is 57.3 Å². The Bertz CT molecular complexity index is 1410. The molecule has 2 aromatic carbocycles. The summed E-state index contributed by atoms with van der Waals surface area (Å²) >= 11 is 0. The van der Waals surface area contributed by atoms with E-state index in [-0.39, 0.29) is 5.56 Å². The first-order chi connectivity index (χ1) is 17.0. The van der Waals surface area contributed by atoms with Gasteiger partial charge in [-0.2, -0.15) is 0 Å². The highest BCUT2D eigenvalue weighted by atomic mass is 16.5. The Morgan fingerprint density at radius 1 is 0.971 bits per heavy atom. The van der Waals surface area contributed by atoms with Crippen LogP contribution in [0.2, 0.25) is 0 Å². The molecule has 9 heteroatoms. The normalized spacial score (nSPS) is 14.5. The molecule has 1 saturated heterocycles. The zero-order valence-electron chi connectivity index (χ0n) is 20.1. The molecule has 0 amide bonds. The topological polar surface area (TPSA) is 88.4 Å². The Labute approximate surface area is 203 Å². The van der Waals surface area contributed by atoms with Crippen LogP contribution < -0.4 is 20.9 Å². The zero-order chi connectivity index (χ0) is 24.4. The highest BCUT2D eigenvalue weighted by Crippen LogP contribution is 2.21. The van der Waals surface area contributed by atoms with E-state index >= 15 is 0 Å². The maximum absolute atomic E-state index is 12.8. The molecular formula is C26H30N6O3. The van der Waals surface area contributed by atoms with Gasteiger partial charge >= 0.3 is 5.69 Å². The van der Waals surface area contributed by atoms with Crippen molar-refractivity contribution >= 4 is 16.9 Å². The third-order valence-electron chi connectivity index (χ3n) is 6.73. The number of imidazole rings is 1. The van der Waals surface area contributed by atoms with Crippen molar-refractivity contribution in [1.82, 2.24) is 24.0 Å². The number of aromatic amines is 1. The van der Waals surface area contributed by atoms with Gasteiger partial charge in [0, 0.05) is 45.5 Å². The molecule has 1 N–H and O–H groups in total. The number of hydrogen-bond acceptors (Lipinski definition) is 6. The minimum atomic E-state index is -0.449. The largest absolute Gasteiger partial charge is 0.497 e. The Morgan fingerprint density at radius 2 is 1.69 bits per heavy atom. The number of ether oxygens (including phenoxy) is 1. The van der Waals surface area contributed by atoms with Crippen LogP contribution in [0.5, 0.6) is 5.75 Å². The average Bonchev–Trinajstić information content (AvgIpc) is 3.26. The van der Waals surface area contributed by atoms with Crippen molar-refractivity contribution in [3.05, 3.63) is 86.8 Å². The standard InChI is InChI=1S/C26H30N6O3/c1-29-24-23(25(33)28-26(29)34)32(13-12-19-6-4-3-5-7-19)22(27-24)18-30-14-16-31(17-15-30)20-8-10-21(35-2)11-9-20/h3-11H,12-18H2,1-2H3,(H,28,33,34). The molecule has 0 bridgehead atoms. The molecule has 0 radical (unpaired) electrons. The second-order valence-electron chi connectivity index (χ2n) is 8.87. The molecule has 35 heavy (non-hydrogen) atoms. The van der Waals surface area contributed by atoms with Crippen LogP contribution in [0.15, 0.2) is 64.2 Å². The van der Waals surface area contributed by atoms with Crippen molar-refractivity contribution in [2.45, 2.75) is 19.5 Å². The lowest BCUT2D eigenvalue weighted by Crippen LogP contribution is -2.46. The van der Waals surface area contributed by atoms with Crippen LogP contribution in [-0.2, 0) is 26.6 Å². The highest BCUT2D eigenvalue weighted by molar-refractivity contribution is 5.70. The predicted octanol–water partition coefficient (Wildman–Crippen LogP) is 2.00. The average molecular weight is 475 g/mol. The van der Waals surface area contributed by atoms with Crippen LogP contribution in [0, 0.1) is 0 Å². The molecular weight excluding hydrogens is 444 g/mol. The van der Waals surface area contributed by atoms with E-state index in [1.807, 2.05) is 34.9 Å². The zero-order valence-corrected chi connectivity index (χ0v) is 20.1. The lowest BCUT2D eigenvalue weighted by molar-refractivity contribution is 0.241. The Balaban J connectivity index is 1.37. The number of nitrogens with zero attached hydrogens (tertiary/aromatic N) is 5. The lowest BCUT2D eigenvalue weighted by Gasteiger charge is -2.36. The maximum Gasteiger partial charge on any atom is 0.329 e. The third kappa shape index (κ3) is 4.72. The summed E-state index contributed by atoms with van der Waals surface area (Å²) in [6, 6.07) is 18.3. The molecule has 1 fully saturated rings. The predicted molar refractivity (Wildman–Crippen MR) is 136 cm³/mol. The Hall–Kier alpha value is -3.85. The molecule has 0 spiro atoms. The van der Waals surface area contributed by atoms with Gasteiger partial charge in [-0.05, 0) is 36.2 Å². The molecule has 0 unspecified atom stereocenters. The first-order valence-corrected chi connectivity index (χ1v) is 11.9. The Kier molecular flexibility index (Phi) is 6.41. The van der Waals surface area contributed by atoms with Gasteiger partial charge in [0.15, 0.2) is 11.2 Å². The van der Waals surface area contributed by atoms with Crippen LogP contribution in [0.3, 0.4) is 0 Å². The second kappa shape index (κ2) is 9.79. The summed E-state index contributed by atoms with van der Waals surface area (Å²) < 4.78 is 8.67. The summed E-state index contributed by atoms with van der Waals surface area (Å²) in [5.41, 5.74) is 2.42. The molecule has 1 aliphatic rings. The van der Waals surface area contributed by atoms with Crippen LogP contribution in [0.25, 0.3) is 11.2 Å². The molecule has 0 saturated carbocycles. The van der Waals surface area contributed by atoms with Crippen molar-refractivity contribution in [1.29, 1.82) is 0 Å². The van der Waals surface area contributed by atoms with E-state index in [9.17, 15) is 9.59 Å². The van der Waals surface area contributed by atoms with Gasteiger partial charge in [0.25, 0.3) is 5.56 Å². The van der Waals surface area contributed by atoms with Crippen molar-refractivity contribution < 1.29 is 4.74 Å². The van der Waals surface area contributed by atoms with Crippen molar-refractivity contribution in [2.24, 2.45) is 7.05 Å².